The minimum Gasteiger partial charge on any atom is -0.480 e. The number of carboxylic acids is 1. The average Bonchev–Trinajstić information content (AvgIpc) is 2.46. The SMILES string of the molecule is CCc1cccc(C(C)C)c1CC(C(=O)O)N(CC)C(N)=S. The number of rotatable bonds is 7. The normalized spacial score (nSPS) is 12.2. The van der Waals surface area contributed by atoms with Gasteiger partial charge in [-0.2, -0.15) is 0 Å². The monoisotopic (exact) mass is 322 g/mol. The molecule has 1 atom stereocenters. The largest absolute Gasteiger partial charge is 0.480 e. The summed E-state index contributed by atoms with van der Waals surface area (Å²) in [7, 11) is 0. The summed E-state index contributed by atoms with van der Waals surface area (Å²) in [5, 5.41) is 9.76. The molecular formula is C17H26N2O2S. The van der Waals surface area contributed by atoms with Gasteiger partial charge in [0.15, 0.2) is 5.11 Å². The molecule has 122 valence electrons. The number of benzene rings is 1. The number of hydrogen-bond acceptors (Lipinski definition) is 2. The first-order valence-electron chi connectivity index (χ1n) is 7.72. The Labute approximate surface area is 138 Å². The maximum Gasteiger partial charge on any atom is 0.326 e. The van der Waals surface area contributed by atoms with Gasteiger partial charge in [0.2, 0.25) is 0 Å². The van der Waals surface area contributed by atoms with Crippen molar-refractivity contribution < 1.29 is 9.90 Å². The van der Waals surface area contributed by atoms with Crippen LogP contribution < -0.4 is 5.73 Å². The Morgan fingerprint density at radius 1 is 1.36 bits per heavy atom. The van der Waals surface area contributed by atoms with Gasteiger partial charge < -0.3 is 15.7 Å². The highest BCUT2D eigenvalue weighted by Crippen LogP contribution is 2.25. The van der Waals surface area contributed by atoms with Crippen LogP contribution in [0.5, 0.6) is 0 Å². The summed E-state index contributed by atoms with van der Waals surface area (Å²) in [6.45, 7) is 8.68. The summed E-state index contributed by atoms with van der Waals surface area (Å²) < 4.78 is 0. The Bertz CT molecular complexity index is 543. The number of aliphatic carboxylic acids is 1. The fourth-order valence-electron chi connectivity index (χ4n) is 2.83. The van der Waals surface area contributed by atoms with Crippen molar-refractivity contribution in [2.45, 2.75) is 52.5 Å². The summed E-state index contributed by atoms with van der Waals surface area (Å²) in [5.41, 5.74) is 9.20. The molecule has 4 nitrogen and oxygen atoms in total. The molecule has 22 heavy (non-hydrogen) atoms. The summed E-state index contributed by atoms with van der Waals surface area (Å²) in [4.78, 5) is 13.3. The number of nitrogens with two attached hydrogens (primary N) is 1. The van der Waals surface area contributed by atoms with Gasteiger partial charge in [-0.25, -0.2) is 4.79 Å². The maximum absolute atomic E-state index is 11.7. The van der Waals surface area contributed by atoms with Gasteiger partial charge >= 0.3 is 5.97 Å². The van der Waals surface area contributed by atoms with Crippen LogP contribution >= 0.6 is 12.2 Å². The highest BCUT2D eigenvalue weighted by Gasteiger charge is 2.27. The van der Waals surface area contributed by atoms with Crippen LogP contribution in [0.1, 0.15) is 50.3 Å². The first kappa shape index (κ1) is 18.4. The number of carboxylic acid groups (broad SMARTS) is 1. The standard InChI is InChI=1S/C17H26N2O2S/c1-5-12-8-7-9-13(11(3)4)14(12)10-15(16(20)21)19(6-2)17(18)22/h7-9,11,15H,5-6,10H2,1-4H3,(H2,18,22)(H,20,21). The van der Waals surface area contributed by atoms with Gasteiger partial charge in [-0.15, -0.1) is 0 Å². The molecule has 1 unspecified atom stereocenters. The Morgan fingerprint density at radius 3 is 2.41 bits per heavy atom. The molecule has 0 saturated heterocycles. The molecule has 0 fully saturated rings. The second-order valence-electron chi connectivity index (χ2n) is 5.68. The van der Waals surface area contributed by atoms with Crippen molar-refractivity contribution >= 4 is 23.3 Å². The first-order chi connectivity index (χ1) is 10.3. The van der Waals surface area contributed by atoms with E-state index in [1.165, 1.54) is 11.1 Å². The topological polar surface area (TPSA) is 66.6 Å². The van der Waals surface area contributed by atoms with Crippen LogP contribution in [-0.2, 0) is 17.6 Å². The quantitative estimate of drug-likeness (QED) is 0.756. The Kier molecular flexibility index (Phi) is 6.81. The van der Waals surface area contributed by atoms with Crippen LogP contribution in [0, 0.1) is 0 Å². The van der Waals surface area contributed by atoms with Crippen LogP contribution in [-0.4, -0.2) is 33.7 Å². The summed E-state index contributed by atoms with van der Waals surface area (Å²) >= 11 is 5.01. The van der Waals surface area contributed by atoms with Crippen molar-refractivity contribution in [3.8, 4) is 0 Å². The van der Waals surface area contributed by atoms with E-state index in [9.17, 15) is 9.90 Å². The van der Waals surface area contributed by atoms with E-state index < -0.39 is 12.0 Å². The lowest BCUT2D eigenvalue weighted by Crippen LogP contribution is -2.48. The first-order valence-corrected chi connectivity index (χ1v) is 8.13. The predicted molar refractivity (Wildman–Crippen MR) is 94.2 cm³/mol. The van der Waals surface area contributed by atoms with Gasteiger partial charge in [0.05, 0.1) is 0 Å². The van der Waals surface area contributed by atoms with Gasteiger partial charge in [-0.1, -0.05) is 39.0 Å². The number of aryl methyl sites for hydroxylation is 1. The molecular weight excluding hydrogens is 296 g/mol. The fraction of sp³-hybridized carbons (Fsp3) is 0.529. The third-order valence-corrected chi connectivity index (χ3v) is 4.23. The van der Waals surface area contributed by atoms with E-state index in [4.69, 9.17) is 18.0 Å². The molecule has 0 radical (unpaired) electrons. The number of thiocarbonyl (C=S) groups is 1. The summed E-state index contributed by atoms with van der Waals surface area (Å²) in [5.74, 6) is -0.550. The van der Waals surface area contributed by atoms with Crippen LogP contribution in [0.15, 0.2) is 18.2 Å². The van der Waals surface area contributed by atoms with E-state index in [-0.39, 0.29) is 5.11 Å². The zero-order chi connectivity index (χ0) is 16.9. The number of likely N-dealkylation sites (N-methyl/N-ethyl adjacent to an activating group) is 1. The van der Waals surface area contributed by atoms with E-state index in [1.54, 1.807) is 4.90 Å². The molecule has 1 rings (SSSR count). The fourth-order valence-corrected chi connectivity index (χ4v) is 3.09. The molecule has 0 bridgehead atoms. The van der Waals surface area contributed by atoms with Crippen LogP contribution in [0.25, 0.3) is 0 Å². The van der Waals surface area contributed by atoms with E-state index >= 15 is 0 Å². The van der Waals surface area contributed by atoms with Crippen LogP contribution in [0.4, 0.5) is 0 Å². The van der Waals surface area contributed by atoms with E-state index in [2.05, 4.69) is 32.9 Å². The zero-order valence-corrected chi connectivity index (χ0v) is 14.6. The molecule has 0 aliphatic rings. The molecule has 0 aliphatic carbocycles. The minimum absolute atomic E-state index is 0.134. The number of nitrogens with zero attached hydrogens (tertiary/aromatic N) is 1. The predicted octanol–water partition coefficient (Wildman–Crippen LogP) is 2.93. The third-order valence-electron chi connectivity index (χ3n) is 3.99. The summed E-state index contributed by atoms with van der Waals surface area (Å²) in [6.07, 6.45) is 1.29. The molecule has 0 aliphatic heterocycles. The van der Waals surface area contributed by atoms with E-state index in [1.807, 2.05) is 13.0 Å². The minimum atomic E-state index is -0.893. The Hall–Kier alpha value is -1.62. The molecule has 0 aromatic heterocycles. The highest BCUT2D eigenvalue weighted by molar-refractivity contribution is 7.80. The third kappa shape index (κ3) is 4.19. The van der Waals surface area contributed by atoms with Crippen molar-refractivity contribution in [2.75, 3.05) is 6.54 Å². The second-order valence-corrected chi connectivity index (χ2v) is 6.09. The average molecular weight is 322 g/mol. The Morgan fingerprint density at radius 2 is 2.00 bits per heavy atom. The van der Waals surface area contributed by atoms with Crippen molar-refractivity contribution in [1.29, 1.82) is 0 Å². The molecule has 5 heteroatoms. The molecule has 1 aromatic carbocycles. The molecule has 1 aromatic rings. The lowest BCUT2D eigenvalue weighted by molar-refractivity contribution is -0.141. The van der Waals surface area contributed by atoms with Gasteiger partial charge in [-0.05, 0) is 48.2 Å². The molecule has 0 saturated carbocycles. The van der Waals surface area contributed by atoms with E-state index in [0.717, 1.165) is 12.0 Å². The Balaban J connectivity index is 3.29. The maximum atomic E-state index is 11.7. The second kappa shape index (κ2) is 8.13. The van der Waals surface area contributed by atoms with Crippen LogP contribution in [0.2, 0.25) is 0 Å². The molecule has 0 spiro atoms. The van der Waals surface area contributed by atoms with Gasteiger partial charge in [0, 0.05) is 13.0 Å². The number of hydrogen-bond donors (Lipinski definition) is 2. The van der Waals surface area contributed by atoms with Crippen molar-refractivity contribution in [3.63, 3.8) is 0 Å². The molecule has 3 N–H and O–H groups in total. The van der Waals surface area contributed by atoms with Gasteiger partial charge in [0.1, 0.15) is 6.04 Å². The van der Waals surface area contributed by atoms with Gasteiger partial charge in [0.25, 0.3) is 0 Å². The lowest BCUT2D eigenvalue weighted by Gasteiger charge is -2.30. The van der Waals surface area contributed by atoms with Crippen LogP contribution in [0.3, 0.4) is 0 Å². The smallest absolute Gasteiger partial charge is 0.326 e. The highest BCUT2D eigenvalue weighted by atomic mass is 32.1. The van der Waals surface area contributed by atoms with Crippen molar-refractivity contribution in [2.24, 2.45) is 5.73 Å². The molecule has 0 amide bonds. The van der Waals surface area contributed by atoms with E-state index in [0.29, 0.717) is 18.9 Å². The number of carbonyl (C=O) groups is 1. The summed E-state index contributed by atoms with van der Waals surface area (Å²) in [6, 6.07) is 5.46. The molecule has 0 heterocycles. The van der Waals surface area contributed by atoms with Crippen molar-refractivity contribution in [3.05, 3.63) is 34.9 Å². The van der Waals surface area contributed by atoms with Crippen molar-refractivity contribution in [1.82, 2.24) is 4.90 Å². The lowest BCUT2D eigenvalue weighted by atomic mass is 9.88. The zero-order valence-electron chi connectivity index (χ0n) is 13.8. The van der Waals surface area contributed by atoms with Gasteiger partial charge in [-0.3, -0.25) is 0 Å².